The van der Waals surface area contributed by atoms with Crippen LogP contribution in [0.3, 0.4) is 0 Å². The van der Waals surface area contributed by atoms with E-state index < -0.39 is 0 Å². The average Bonchev–Trinajstić information content (AvgIpc) is 3.16. The van der Waals surface area contributed by atoms with Crippen molar-refractivity contribution >= 4 is 57.4 Å². The minimum Gasteiger partial charge on any atom is -0.375 e. The largest absolute Gasteiger partial charge is 0.375 e. The molecule has 0 aliphatic heterocycles. The maximum Gasteiger partial charge on any atom is 0.204 e. The quantitative estimate of drug-likeness (QED) is 0.0268. The van der Waals surface area contributed by atoms with Crippen LogP contribution in [0.25, 0.3) is 18.2 Å². The number of unbranched alkanes of at least 4 members (excludes halogenated alkanes) is 1. The zero-order valence-corrected chi connectivity index (χ0v) is 34.5. The molecular weight excluding hydrogens is 677 g/mol. The first-order chi connectivity index (χ1) is 25.4. The van der Waals surface area contributed by atoms with Crippen LogP contribution >= 0.6 is 21.6 Å². The number of anilines is 2. The van der Waals surface area contributed by atoms with E-state index in [4.69, 9.17) is 0 Å². The summed E-state index contributed by atoms with van der Waals surface area (Å²) < 4.78 is 2.13. The molecule has 2 aromatic carbocycles. The Morgan fingerprint density at radius 2 is 1.29 bits per heavy atom. The van der Waals surface area contributed by atoms with Gasteiger partial charge in [-0.05, 0) is 113 Å². The van der Waals surface area contributed by atoms with Gasteiger partial charge in [0.25, 0.3) is 0 Å². The Labute approximate surface area is 324 Å². The van der Waals surface area contributed by atoms with Crippen molar-refractivity contribution in [3.05, 3.63) is 108 Å². The summed E-state index contributed by atoms with van der Waals surface area (Å²) in [7, 11) is 12.8. The van der Waals surface area contributed by atoms with Gasteiger partial charge in [0.2, 0.25) is 5.69 Å². The topological polar surface area (TPSA) is 29.2 Å². The van der Waals surface area contributed by atoms with Gasteiger partial charge in [0, 0.05) is 87.9 Å². The molecular formula is C44H65N6S2+. The van der Waals surface area contributed by atoms with Crippen LogP contribution in [0.5, 0.6) is 0 Å². The van der Waals surface area contributed by atoms with E-state index in [0.717, 1.165) is 71.6 Å². The van der Waals surface area contributed by atoms with E-state index in [1.54, 1.807) is 0 Å². The van der Waals surface area contributed by atoms with Crippen molar-refractivity contribution in [3.63, 3.8) is 0 Å². The number of nitrogens with zero attached hydrogens (tertiary/aromatic N) is 6. The summed E-state index contributed by atoms with van der Waals surface area (Å²) in [6.45, 7) is 13.0. The first-order valence-corrected chi connectivity index (χ1v) is 21.6. The lowest BCUT2D eigenvalue weighted by Gasteiger charge is -2.24. The minimum atomic E-state index is 0.871. The van der Waals surface area contributed by atoms with E-state index in [9.17, 15) is 0 Å². The van der Waals surface area contributed by atoms with Crippen LogP contribution in [0.4, 0.5) is 11.4 Å². The zero-order valence-electron chi connectivity index (χ0n) is 32.9. The molecule has 0 fully saturated rings. The summed E-state index contributed by atoms with van der Waals surface area (Å²) in [6.07, 6.45) is 21.4. The van der Waals surface area contributed by atoms with Crippen molar-refractivity contribution in [3.8, 4) is 0 Å². The number of aromatic nitrogens is 1. The van der Waals surface area contributed by atoms with E-state index in [-0.39, 0.29) is 0 Å². The maximum atomic E-state index is 4.25. The molecule has 0 aliphatic carbocycles. The fraction of sp³-hybridized carbons (Fsp3) is 0.455. The summed E-state index contributed by atoms with van der Waals surface area (Å²) in [5.41, 5.74) is 6.19. The number of rotatable bonds is 26. The standard InChI is InChI=1S/C44H65N6S2/c1-7-45-30-14-11-9-10-12-18-40-20-26-43(27-21-40)49(6)34-17-35-50(8-2)37-39-52-51-38-36-46(3)31-16-33-48(5)44-28-23-41(24-29-44)22-25-42-19-13-15-32-47(42)4/h9-10,12-13,15,18-30,32H,7-8,11,14,16-17,31,33-39H2,1-6H3/q+1/b10-9+,18-12+,45-30?. The fourth-order valence-corrected chi connectivity index (χ4v) is 7.80. The molecule has 0 amide bonds. The highest BCUT2D eigenvalue weighted by atomic mass is 33.1. The number of allylic oxidation sites excluding steroid dienone is 3. The van der Waals surface area contributed by atoms with Gasteiger partial charge in [-0.2, -0.15) is 0 Å². The molecule has 8 heteroatoms. The first kappa shape index (κ1) is 43.1. The molecule has 282 valence electrons. The molecule has 0 unspecified atom stereocenters. The number of aryl methyl sites for hydroxylation is 1. The Balaban J connectivity index is 1.21. The molecule has 6 nitrogen and oxygen atoms in total. The normalized spacial score (nSPS) is 12.2. The number of aliphatic imine (C=N–C) groups is 1. The van der Waals surface area contributed by atoms with Gasteiger partial charge in [0.15, 0.2) is 6.20 Å². The summed E-state index contributed by atoms with van der Waals surface area (Å²) >= 11 is 0. The van der Waals surface area contributed by atoms with Crippen molar-refractivity contribution in [2.24, 2.45) is 12.0 Å². The van der Waals surface area contributed by atoms with Crippen LogP contribution in [0, 0.1) is 0 Å². The minimum absolute atomic E-state index is 0.871. The summed E-state index contributed by atoms with van der Waals surface area (Å²) in [5.74, 6) is 2.35. The van der Waals surface area contributed by atoms with Crippen LogP contribution < -0.4 is 14.4 Å². The van der Waals surface area contributed by atoms with Crippen molar-refractivity contribution in [2.45, 2.75) is 39.5 Å². The Bertz CT molecular complexity index is 1490. The predicted molar refractivity (Wildman–Crippen MR) is 236 cm³/mol. The SMILES string of the molecule is CCN=CCC/C=C/C=C/c1ccc(N(C)CCCN(CC)CCSSCCN(C)CCCN(C)c2ccc(/C=C/c3cccc[n+]3C)cc2)cc1. The smallest absolute Gasteiger partial charge is 0.204 e. The van der Waals surface area contributed by atoms with Crippen LogP contribution in [-0.4, -0.2) is 101 Å². The number of hydrogen-bond acceptors (Lipinski definition) is 7. The highest BCUT2D eigenvalue weighted by Crippen LogP contribution is 2.21. The van der Waals surface area contributed by atoms with Gasteiger partial charge in [0.1, 0.15) is 7.05 Å². The molecule has 0 radical (unpaired) electrons. The Hall–Kier alpha value is -3.30. The van der Waals surface area contributed by atoms with Gasteiger partial charge in [-0.15, -0.1) is 0 Å². The Morgan fingerprint density at radius 3 is 1.92 bits per heavy atom. The average molecular weight is 742 g/mol. The van der Waals surface area contributed by atoms with Gasteiger partial charge in [0.05, 0.1) is 0 Å². The van der Waals surface area contributed by atoms with Crippen molar-refractivity contribution < 1.29 is 4.57 Å². The lowest BCUT2D eigenvalue weighted by molar-refractivity contribution is -0.673. The van der Waals surface area contributed by atoms with Crippen LogP contribution in [0.15, 0.2) is 96.1 Å². The van der Waals surface area contributed by atoms with Crippen molar-refractivity contribution in [1.29, 1.82) is 0 Å². The third-order valence-electron chi connectivity index (χ3n) is 9.10. The monoisotopic (exact) mass is 741 g/mol. The summed E-state index contributed by atoms with van der Waals surface area (Å²) in [4.78, 5) is 14.1. The Morgan fingerprint density at radius 1 is 0.654 bits per heavy atom. The molecule has 0 N–H and O–H groups in total. The highest BCUT2D eigenvalue weighted by Gasteiger charge is 2.07. The number of hydrogen-bond donors (Lipinski definition) is 0. The number of pyridine rings is 1. The third kappa shape index (κ3) is 18.0. The van der Waals surface area contributed by atoms with Gasteiger partial charge < -0.3 is 19.6 Å². The second-order valence-electron chi connectivity index (χ2n) is 13.2. The molecule has 3 aromatic rings. The van der Waals surface area contributed by atoms with E-state index in [2.05, 4.69) is 181 Å². The highest BCUT2D eigenvalue weighted by molar-refractivity contribution is 8.76. The van der Waals surface area contributed by atoms with Crippen molar-refractivity contribution in [2.75, 3.05) is 94.8 Å². The van der Waals surface area contributed by atoms with Crippen LogP contribution in [0.1, 0.15) is 56.4 Å². The lowest BCUT2D eigenvalue weighted by Crippen LogP contribution is -2.30. The van der Waals surface area contributed by atoms with Gasteiger partial charge in [-0.3, -0.25) is 4.99 Å². The van der Waals surface area contributed by atoms with Crippen LogP contribution in [0.2, 0.25) is 0 Å². The van der Waals surface area contributed by atoms with E-state index in [0.29, 0.717) is 0 Å². The molecule has 0 saturated heterocycles. The summed E-state index contributed by atoms with van der Waals surface area (Å²) in [5, 5.41) is 0. The molecule has 1 aromatic heterocycles. The molecule has 0 saturated carbocycles. The Kier molecular flexibility index (Phi) is 21.9. The zero-order chi connectivity index (χ0) is 37.2. The molecule has 1 heterocycles. The molecule has 0 bridgehead atoms. The third-order valence-corrected chi connectivity index (χ3v) is 11.5. The van der Waals surface area contributed by atoms with Crippen molar-refractivity contribution in [1.82, 2.24) is 9.80 Å². The van der Waals surface area contributed by atoms with E-state index in [1.165, 1.54) is 46.1 Å². The summed E-state index contributed by atoms with van der Waals surface area (Å²) in [6, 6.07) is 24.0. The maximum absolute atomic E-state index is 4.25. The second-order valence-corrected chi connectivity index (χ2v) is 15.9. The van der Waals surface area contributed by atoms with Gasteiger partial charge >= 0.3 is 0 Å². The molecule has 0 spiro atoms. The fourth-order valence-electron chi connectivity index (χ4n) is 5.69. The van der Waals surface area contributed by atoms with Gasteiger partial charge in [-0.25, -0.2) is 4.57 Å². The lowest BCUT2D eigenvalue weighted by atomic mass is 10.1. The molecule has 3 rings (SSSR count). The van der Waals surface area contributed by atoms with Gasteiger partial charge in [-0.1, -0.05) is 77.1 Å². The number of benzene rings is 2. The first-order valence-electron chi connectivity index (χ1n) is 19.1. The second kappa shape index (κ2) is 26.5. The molecule has 0 aliphatic rings. The molecule has 52 heavy (non-hydrogen) atoms. The predicted octanol–water partition coefficient (Wildman–Crippen LogP) is 9.11. The van der Waals surface area contributed by atoms with E-state index >= 15 is 0 Å². The van der Waals surface area contributed by atoms with Crippen LogP contribution in [-0.2, 0) is 7.05 Å². The molecule has 0 atom stereocenters. The van der Waals surface area contributed by atoms with E-state index in [1.807, 2.05) is 27.8 Å².